The highest BCUT2D eigenvalue weighted by Gasteiger charge is 2.22. The van der Waals surface area contributed by atoms with Crippen molar-refractivity contribution in [3.8, 4) is 0 Å². The second-order valence-electron chi connectivity index (χ2n) is 7.85. The van der Waals surface area contributed by atoms with Crippen LogP contribution in [-0.2, 0) is 23.6 Å². The maximum Gasteiger partial charge on any atom is 0.243 e. The van der Waals surface area contributed by atoms with Crippen LogP contribution in [0.25, 0.3) is 11.0 Å². The molecule has 0 aliphatic heterocycles. The largest absolute Gasteiger partial charge is 0.248 e. The van der Waals surface area contributed by atoms with E-state index in [2.05, 4.69) is 29.4 Å². The van der Waals surface area contributed by atoms with Gasteiger partial charge in [0.25, 0.3) is 0 Å². The normalized spacial score (nSPS) is 13.0. The Morgan fingerprint density at radius 2 is 1.72 bits per heavy atom. The summed E-state index contributed by atoms with van der Waals surface area (Å²) < 4.78 is 29.0. The van der Waals surface area contributed by atoms with Crippen LogP contribution in [0.15, 0.2) is 71.6 Å². The van der Waals surface area contributed by atoms with Crippen LogP contribution in [0.1, 0.15) is 36.0 Å². The molecule has 0 aliphatic carbocycles. The minimum absolute atomic E-state index is 0.133. The molecule has 32 heavy (non-hydrogen) atoms. The summed E-state index contributed by atoms with van der Waals surface area (Å²) in [6.45, 7) is 2.31. The van der Waals surface area contributed by atoms with E-state index in [0.717, 1.165) is 34.1 Å². The van der Waals surface area contributed by atoms with Gasteiger partial charge in [0.05, 0.1) is 10.4 Å². The van der Waals surface area contributed by atoms with Gasteiger partial charge >= 0.3 is 0 Å². The van der Waals surface area contributed by atoms with Gasteiger partial charge in [-0.15, -0.1) is 5.10 Å². The van der Waals surface area contributed by atoms with E-state index in [0.29, 0.717) is 5.02 Å². The van der Waals surface area contributed by atoms with Gasteiger partial charge in [-0.05, 0) is 53.4 Å². The third-order valence-corrected chi connectivity index (χ3v) is 7.95. The molecular formula is C24H25ClN4O2S. The zero-order chi connectivity index (χ0) is 22.9. The van der Waals surface area contributed by atoms with Crippen LogP contribution in [0.2, 0.25) is 5.02 Å². The molecule has 3 aromatic carbocycles. The summed E-state index contributed by atoms with van der Waals surface area (Å²) in [7, 11) is -0.163. The molecule has 1 atom stereocenters. The van der Waals surface area contributed by atoms with E-state index in [1.807, 2.05) is 31.3 Å². The third-order valence-electron chi connectivity index (χ3n) is 5.76. The Hall–Kier alpha value is -2.74. The van der Waals surface area contributed by atoms with E-state index in [1.54, 1.807) is 42.1 Å². The molecule has 0 saturated heterocycles. The number of aromatic nitrogens is 3. The highest BCUT2D eigenvalue weighted by Crippen LogP contribution is 2.32. The first-order chi connectivity index (χ1) is 15.3. The lowest BCUT2D eigenvalue weighted by atomic mass is 9.88. The first kappa shape index (κ1) is 22.5. The Balaban J connectivity index is 1.65. The first-order valence-electron chi connectivity index (χ1n) is 10.4. The van der Waals surface area contributed by atoms with Crippen molar-refractivity contribution in [2.45, 2.75) is 30.7 Å². The number of sulfonamides is 1. The second kappa shape index (κ2) is 9.02. The monoisotopic (exact) mass is 468 g/mol. The Bertz CT molecular complexity index is 1350. The fourth-order valence-corrected chi connectivity index (χ4v) is 5.32. The molecule has 0 unspecified atom stereocenters. The summed E-state index contributed by atoms with van der Waals surface area (Å²) in [6.07, 6.45) is 0.880. The van der Waals surface area contributed by atoms with Crippen LogP contribution in [0.5, 0.6) is 0 Å². The molecule has 4 rings (SSSR count). The lowest BCUT2D eigenvalue weighted by molar-refractivity contribution is 0.466. The van der Waals surface area contributed by atoms with Crippen molar-refractivity contribution in [1.29, 1.82) is 0 Å². The van der Waals surface area contributed by atoms with E-state index in [4.69, 9.17) is 11.6 Å². The van der Waals surface area contributed by atoms with Crippen LogP contribution in [-0.4, -0.2) is 34.8 Å². The van der Waals surface area contributed by atoms with E-state index in [-0.39, 0.29) is 17.4 Å². The predicted molar refractivity (Wildman–Crippen MR) is 127 cm³/mol. The number of fused-ring (bicyclic) bond motifs is 1. The lowest BCUT2D eigenvalue weighted by Gasteiger charge is -2.21. The zero-order valence-electron chi connectivity index (χ0n) is 18.2. The summed E-state index contributed by atoms with van der Waals surface area (Å²) in [6, 6.07) is 20.5. The number of nitrogens with zero attached hydrogens (tertiary/aromatic N) is 4. The maximum atomic E-state index is 12.9. The minimum atomic E-state index is -3.61. The molecule has 8 heteroatoms. The van der Waals surface area contributed by atoms with Gasteiger partial charge in [0.15, 0.2) is 0 Å². The second-order valence-corrected chi connectivity index (χ2v) is 10.3. The van der Waals surface area contributed by atoms with Gasteiger partial charge in [-0.1, -0.05) is 60.1 Å². The average Bonchev–Trinajstić information content (AvgIpc) is 3.17. The SMILES string of the molecule is CC[C@H](c1ccc(Cl)c(CN(C)S(=O)(=O)c2ccccc2)c1)c1ccc2c(c1)nnn2C. The van der Waals surface area contributed by atoms with Crippen molar-refractivity contribution in [2.24, 2.45) is 7.05 Å². The van der Waals surface area contributed by atoms with Crippen LogP contribution in [0, 0.1) is 0 Å². The average molecular weight is 469 g/mol. The number of hydrogen-bond acceptors (Lipinski definition) is 4. The van der Waals surface area contributed by atoms with Crippen LogP contribution in [0.3, 0.4) is 0 Å². The van der Waals surface area contributed by atoms with Crippen LogP contribution < -0.4 is 0 Å². The molecule has 0 aliphatic rings. The third kappa shape index (κ3) is 4.28. The summed E-state index contributed by atoms with van der Waals surface area (Å²) in [4.78, 5) is 0.262. The van der Waals surface area contributed by atoms with Gasteiger partial charge < -0.3 is 0 Å². The topological polar surface area (TPSA) is 68.1 Å². The fraction of sp³-hybridized carbons (Fsp3) is 0.250. The van der Waals surface area contributed by atoms with E-state index >= 15 is 0 Å². The Kier molecular flexibility index (Phi) is 6.33. The molecule has 1 aromatic heterocycles. The molecule has 1 heterocycles. The van der Waals surface area contributed by atoms with Crippen molar-refractivity contribution in [3.05, 3.63) is 88.4 Å². The minimum Gasteiger partial charge on any atom is -0.248 e. The lowest BCUT2D eigenvalue weighted by Crippen LogP contribution is -2.26. The molecule has 0 amide bonds. The van der Waals surface area contributed by atoms with Gasteiger partial charge in [-0.3, -0.25) is 0 Å². The molecule has 0 spiro atoms. The zero-order valence-corrected chi connectivity index (χ0v) is 19.8. The van der Waals surface area contributed by atoms with Crippen LogP contribution in [0.4, 0.5) is 0 Å². The molecular weight excluding hydrogens is 444 g/mol. The molecule has 0 radical (unpaired) electrons. The van der Waals surface area contributed by atoms with Gasteiger partial charge in [0, 0.05) is 31.6 Å². The van der Waals surface area contributed by atoms with Gasteiger partial charge in [-0.2, -0.15) is 4.31 Å². The summed E-state index contributed by atoms with van der Waals surface area (Å²) >= 11 is 6.47. The number of hydrogen-bond donors (Lipinski definition) is 0. The van der Waals surface area contributed by atoms with Gasteiger partial charge in [-0.25, -0.2) is 13.1 Å². The summed E-state index contributed by atoms with van der Waals surface area (Å²) in [5.74, 6) is 0.133. The Morgan fingerprint density at radius 3 is 2.44 bits per heavy atom. The van der Waals surface area contributed by atoms with Crippen molar-refractivity contribution >= 4 is 32.7 Å². The van der Waals surface area contributed by atoms with E-state index in [1.165, 1.54) is 4.31 Å². The molecule has 0 bridgehead atoms. The maximum absolute atomic E-state index is 12.9. The molecule has 166 valence electrons. The number of benzene rings is 3. The number of halogens is 1. The summed E-state index contributed by atoms with van der Waals surface area (Å²) in [5.41, 5.74) is 4.82. The number of rotatable bonds is 7. The number of aryl methyl sites for hydroxylation is 1. The molecule has 0 saturated carbocycles. The Labute approximate surface area is 193 Å². The highest BCUT2D eigenvalue weighted by atomic mass is 35.5. The van der Waals surface area contributed by atoms with E-state index in [9.17, 15) is 8.42 Å². The smallest absolute Gasteiger partial charge is 0.243 e. The molecule has 6 nitrogen and oxygen atoms in total. The van der Waals surface area contributed by atoms with Crippen molar-refractivity contribution in [1.82, 2.24) is 19.3 Å². The molecule has 0 N–H and O–H groups in total. The quantitative estimate of drug-likeness (QED) is 0.383. The van der Waals surface area contributed by atoms with Gasteiger partial charge in [0.1, 0.15) is 5.52 Å². The van der Waals surface area contributed by atoms with Gasteiger partial charge in [0.2, 0.25) is 10.0 Å². The fourth-order valence-electron chi connectivity index (χ4n) is 3.97. The standard InChI is InChI=1S/C24H25ClN4O2S/c1-4-21(18-11-13-24-23(15-18)26-27-29(24)3)17-10-12-22(25)19(14-17)16-28(2)32(30,31)20-8-6-5-7-9-20/h5-15,21H,4,16H2,1-3H3/t21-/m1/s1. The molecule has 0 fully saturated rings. The predicted octanol–water partition coefficient (Wildman–Crippen LogP) is 4.98. The van der Waals surface area contributed by atoms with E-state index < -0.39 is 10.0 Å². The molecule has 4 aromatic rings. The van der Waals surface area contributed by atoms with Crippen molar-refractivity contribution < 1.29 is 8.42 Å². The van der Waals surface area contributed by atoms with Crippen molar-refractivity contribution in [2.75, 3.05) is 7.05 Å². The summed E-state index contributed by atoms with van der Waals surface area (Å²) in [5, 5.41) is 8.87. The van der Waals surface area contributed by atoms with Crippen molar-refractivity contribution in [3.63, 3.8) is 0 Å². The Morgan fingerprint density at radius 1 is 1.03 bits per heavy atom. The first-order valence-corrected chi connectivity index (χ1v) is 12.2. The highest BCUT2D eigenvalue weighted by molar-refractivity contribution is 7.89. The van der Waals surface area contributed by atoms with Crippen LogP contribution >= 0.6 is 11.6 Å².